The third kappa shape index (κ3) is 2.69. The monoisotopic (exact) mass is 259 g/mol. The summed E-state index contributed by atoms with van der Waals surface area (Å²) >= 11 is 0. The molecular formula is C15H17NO3. The quantitative estimate of drug-likeness (QED) is 0.916. The van der Waals surface area contributed by atoms with E-state index in [1.807, 2.05) is 25.1 Å². The first-order valence-electron chi connectivity index (χ1n) is 5.99. The van der Waals surface area contributed by atoms with Crippen LogP contribution in [0, 0.1) is 6.92 Å². The lowest BCUT2D eigenvalue weighted by Gasteiger charge is -2.15. The van der Waals surface area contributed by atoms with Crippen LogP contribution in [-0.4, -0.2) is 24.3 Å². The van der Waals surface area contributed by atoms with Crippen molar-refractivity contribution in [2.75, 3.05) is 14.2 Å². The van der Waals surface area contributed by atoms with Gasteiger partial charge in [-0.05, 0) is 42.3 Å². The molecule has 0 aliphatic heterocycles. The molecule has 0 saturated carbocycles. The molecule has 4 nitrogen and oxygen atoms in total. The Kier molecular flexibility index (Phi) is 4.02. The minimum absolute atomic E-state index is 0.509. The van der Waals surface area contributed by atoms with Crippen LogP contribution >= 0.6 is 0 Å². The molecular weight excluding hydrogens is 242 g/mol. The van der Waals surface area contributed by atoms with Gasteiger partial charge in [-0.25, -0.2) is 0 Å². The van der Waals surface area contributed by atoms with Crippen LogP contribution in [0.25, 0.3) is 0 Å². The zero-order chi connectivity index (χ0) is 13.8. The Bertz CT molecular complexity index is 569. The van der Waals surface area contributed by atoms with Crippen molar-refractivity contribution in [1.29, 1.82) is 0 Å². The van der Waals surface area contributed by atoms with Gasteiger partial charge in [0.15, 0.2) is 0 Å². The number of benzene rings is 1. The van der Waals surface area contributed by atoms with Crippen LogP contribution < -0.4 is 9.47 Å². The first-order valence-corrected chi connectivity index (χ1v) is 5.99. The fraction of sp³-hybridized carbons (Fsp3) is 0.267. The highest BCUT2D eigenvalue weighted by Gasteiger charge is 2.17. The summed E-state index contributed by atoms with van der Waals surface area (Å²) in [6.07, 6.45) is 0.818. The number of aliphatic hydroxyl groups is 1. The zero-order valence-electron chi connectivity index (χ0n) is 11.3. The fourth-order valence-electron chi connectivity index (χ4n) is 2.01. The molecule has 1 N–H and O–H groups in total. The molecule has 0 radical (unpaired) electrons. The molecule has 1 unspecified atom stereocenters. The molecule has 19 heavy (non-hydrogen) atoms. The van der Waals surface area contributed by atoms with Crippen molar-refractivity contribution >= 4 is 0 Å². The highest BCUT2D eigenvalue weighted by molar-refractivity contribution is 5.41. The predicted molar refractivity (Wildman–Crippen MR) is 72.6 cm³/mol. The van der Waals surface area contributed by atoms with E-state index in [0.717, 1.165) is 16.9 Å². The summed E-state index contributed by atoms with van der Waals surface area (Å²) < 4.78 is 10.4. The second-order valence-corrected chi connectivity index (χ2v) is 4.22. The van der Waals surface area contributed by atoms with Crippen molar-refractivity contribution in [2.24, 2.45) is 0 Å². The van der Waals surface area contributed by atoms with Gasteiger partial charge in [-0.1, -0.05) is 6.07 Å². The highest BCUT2D eigenvalue weighted by Crippen LogP contribution is 2.30. The Morgan fingerprint density at radius 3 is 2.47 bits per heavy atom. The van der Waals surface area contributed by atoms with E-state index in [1.54, 1.807) is 32.5 Å². The number of hydrogen-bond donors (Lipinski definition) is 1. The van der Waals surface area contributed by atoms with Crippen LogP contribution in [0.1, 0.15) is 22.9 Å². The van der Waals surface area contributed by atoms with Gasteiger partial charge in [-0.2, -0.15) is 0 Å². The Labute approximate surface area is 112 Å². The maximum atomic E-state index is 10.4. The van der Waals surface area contributed by atoms with Crippen molar-refractivity contribution < 1.29 is 14.6 Å². The van der Waals surface area contributed by atoms with Gasteiger partial charge in [-0.15, -0.1) is 0 Å². The predicted octanol–water partition coefficient (Wildman–Crippen LogP) is 2.49. The molecule has 0 aliphatic rings. The lowest BCUT2D eigenvalue weighted by atomic mass is 10.0. The van der Waals surface area contributed by atoms with E-state index in [1.165, 1.54) is 0 Å². The first kappa shape index (κ1) is 13.4. The normalized spacial score (nSPS) is 12.0. The van der Waals surface area contributed by atoms with E-state index >= 15 is 0 Å². The number of aromatic nitrogens is 1. The molecule has 0 amide bonds. The fourth-order valence-corrected chi connectivity index (χ4v) is 2.01. The molecule has 0 saturated heterocycles. The van der Waals surface area contributed by atoms with E-state index in [4.69, 9.17) is 9.47 Å². The molecule has 1 heterocycles. The number of pyridine rings is 1. The molecule has 0 aliphatic carbocycles. The summed E-state index contributed by atoms with van der Waals surface area (Å²) in [5, 5.41) is 10.4. The summed E-state index contributed by atoms with van der Waals surface area (Å²) in [5.41, 5.74) is 2.24. The van der Waals surface area contributed by atoms with E-state index in [0.29, 0.717) is 11.4 Å². The largest absolute Gasteiger partial charge is 0.496 e. The van der Waals surface area contributed by atoms with Crippen LogP contribution in [-0.2, 0) is 0 Å². The van der Waals surface area contributed by atoms with Gasteiger partial charge in [0.05, 0.1) is 14.2 Å². The topological polar surface area (TPSA) is 51.6 Å². The lowest BCUT2D eigenvalue weighted by Crippen LogP contribution is -2.05. The molecule has 2 rings (SSSR count). The second kappa shape index (κ2) is 5.71. The summed E-state index contributed by atoms with van der Waals surface area (Å²) in [5.74, 6) is 1.37. The number of methoxy groups -OCH3 is 2. The number of aryl methyl sites for hydroxylation is 1. The van der Waals surface area contributed by atoms with E-state index in [2.05, 4.69) is 4.98 Å². The van der Waals surface area contributed by atoms with Crippen molar-refractivity contribution in [3.8, 4) is 11.5 Å². The molecule has 2 aromatic rings. The SMILES string of the molecule is COc1ccc(C(O)c2ncccc2OC)cc1C. The molecule has 0 bridgehead atoms. The van der Waals surface area contributed by atoms with Gasteiger partial charge >= 0.3 is 0 Å². The average molecular weight is 259 g/mol. The number of aliphatic hydroxyl groups excluding tert-OH is 1. The van der Waals surface area contributed by atoms with Crippen molar-refractivity contribution in [3.63, 3.8) is 0 Å². The van der Waals surface area contributed by atoms with Crippen LogP contribution in [0.5, 0.6) is 11.5 Å². The zero-order valence-corrected chi connectivity index (χ0v) is 11.3. The van der Waals surface area contributed by atoms with Crippen molar-refractivity contribution in [1.82, 2.24) is 4.98 Å². The van der Waals surface area contributed by atoms with Crippen LogP contribution in [0.15, 0.2) is 36.5 Å². The van der Waals surface area contributed by atoms with Gasteiger partial charge in [0.25, 0.3) is 0 Å². The number of nitrogens with zero attached hydrogens (tertiary/aromatic N) is 1. The van der Waals surface area contributed by atoms with E-state index in [9.17, 15) is 5.11 Å². The summed E-state index contributed by atoms with van der Waals surface area (Å²) in [4.78, 5) is 4.19. The lowest BCUT2D eigenvalue weighted by molar-refractivity contribution is 0.209. The number of hydrogen-bond acceptors (Lipinski definition) is 4. The van der Waals surface area contributed by atoms with Gasteiger partial charge < -0.3 is 14.6 Å². The summed E-state index contributed by atoms with van der Waals surface area (Å²) in [7, 11) is 3.19. The molecule has 100 valence electrons. The maximum Gasteiger partial charge on any atom is 0.143 e. The summed E-state index contributed by atoms with van der Waals surface area (Å²) in [6, 6.07) is 9.10. The van der Waals surface area contributed by atoms with E-state index in [-0.39, 0.29) is 0 Å². The Morgan fingerprint density at radius 2 is 1.84 bits per heavy atom. The van der Waals surface area contributed by atoms with Gasteiger partial charge in [0.1, 0.15) is 23.3 Å². The minimum atomic E-state index is -0.819. The van der Waals surface area contributed by atoms with E-state index < -0.39 is 6.10 Å². The highest BCUT2D eigenvalue weighted by atomic mass is 16.5. The average Bonchev–Trinajstić information content (AvgIpc) is 2.46. The van der Waals surface area contributed by atoms with Gasteiger partial charge in [0, 0.05) is 6.20 Å². The van der Waals surface area contributed by atoms with Gasteiger partial charge in [0.2, 0.25) is 0 Å². The standard InChI is InChI=1S/C15H17NO3/c1-10-9-11(6-7-12(10)18-2)15(17)14-13(19-3)5-4-8-16-14/h4-9,15,17H,1-3H3. The third-order valence-electron chi connectivity index (χ3n) is 3.01. The van der Waals surface area contributed by atoms with Crippen LogP contribution in [0.3, 0.4) is 0 Å². The summed E-state index contributed by atoms with van der Waals surface area (Å²) in [6.45, 7) is 1.94. The molecule has 0 spiro atoms. The van der Waals surface area contributed by atoms with Crippen molar-refractivity contribution in [3.05, 3.63) is 53.3 Å². The van der Waals surface area contributed by atoms with Gasteiger partial charge in [-0.3, -0.25) is 4.98 Å². The number of rotatable bonds is 4. The third-order valence-corrected chi connectivity index (χ3v) is 3.01. The number of ether oxygens (including phenoxy) is 2. The molecule has 1 atom stereocenters. The molecule has 1 aromatic heterocycles. The Balaban J connectivity index is 2.38. The second-order valence-electron chi connectivity index (χ2n) is 4.22. The molecule has 0 fully saturated rings. The Morgan fingerprint density at radius 1 is 1.11 bits per heavy atom. The minimum Gasteiger partial charge on any atom is -0.496 e. The van der Waals surface area contributed by atoms with Crippen molar-refractivity contribution in [2.45, 2.75) is 13.0 Å². The van der Waals surface area contributed by atoms with Crippen LogP contribution in [0.4, 0.5) is 0 Å². The maximum absolute atomic E-state index is 10.4. The first-order chi connectivity index (χ1) is 9.17. The van der Waals surface area contributed by atoms with Crippen LogP contribution in [0.2, 0.25) is 0 Å². The smallest absolute Gasteiger partial charge is 0.143 e. The molecule has 1 aromatic carbocycles. The Hall–Kier alpha value is -2.07. The molecule has 4 heteroatoms.